The highest BCUT2D eigenvalue weighted by Crippen LogP contribution is 2.40. The van der Waals surface area contributed by atoms with Crippen molar-refractivity contribution in [1.82, 2.24) is 15.2 Å². The molecule has 1 atom stereocenters. The summed E-state index contributed by atoms with van der Waals surface area (Å²) in [4.78, 5) is 9.89. The zero-order chi connectivity index (χ0) is 11.2. The molecule has 0 spiro atoms. The highest BCUT2D eigenvalue weighted by Gasteiger charge is 2.32. The summed E-state index contributed by atoms with van der Waals surface area (Å²) in [6.07, 6.45) is 3.10. The molecule has 2 aliphatic rings. The monoisotopic (exact) mass is 245 g/mol. The second kappa shape index (κ2) is 3.77. The molecule has 88 valence electrons. The van der Waals surface area contributed by atoms with E-state index in [0.717, 1.165) is 13.1 Å². The van der Waals surface area contributed by atoms with Gasteiger partial charge in [0.15, 0.2) is 0 Å². The van der Waals surface area contributed by atoms with Crippen LogP contribution < -0.4 is 5.32 Å². The highest BCUT2D eigenvalue weighted by molar-refractivity contribution is 7.19. The molecule has 0 amide bonds. The first-order valence-corrected chi connectivity index (χ1v) is 7.06. The van der Waals surface area contributed by atoms with Crippen molar-refractivity contribution in [2.75, 3.05) is 26.2 Å². The normalized spacial score (nSPS) is 24.6. The lowest BCUT2D eigenvalue weighted by Crippen LogP contribution is -2.48. The first-order valence-electron chi connectivity index (χ1n) is 6.24. The standard InChI is InChI=1S/C13H15N3S/c1-2-10-9-3-6-16-7-5-14-8-11(16)12(9)17-13(10)15-4-1/h1-2,4,11,14H,3,5-8H2. The maximum absolute atomic E-state index is 4.50. The van der Waals surface area contributed by atoms with Crippen molar-refractivity contribution in [1.29, 1.82) is 0 Å². The molecule has 3 nitrogen and oxygen atoms in total. The Morgan fingerprint density at radius 3 is 3.41 bits per heavy atom. The number of nitrogens with zero attached hydrogens (tertiary/aromatic N) is 2. The van der Waals surface area contributed by atoms with Gasteiger partial charge < -0.3 is 5.32 Å². The Hall–Kier alpha value is -0.970. The minimum absolute atomic E-state index is 0.590. The lowest BCUT2D eigenvalue weighted by atomic mass is 9.97. The Labute approximate surface area is 104 Å². The largest absolute Gasteiger partial charge is 0.314 e. The maximum atomic E-state index is 4.50. The Balaban J connectivity index is 1.89. The van der Waals surface area contributed by atoms with Crippen molar-refractivity contribution in [3.05, 3.63) is 28.8 Å². The van der Waals surface area contributed by atoms with Crippen LogP contribution in [0.5, 0.6) is 0 Å². The second-order valence-corrected chi connectivity index (χ2v) is 5.84. The first kappa shape index (κ1) is 10.00. The van der Waals surface area contributed by atoms with Gasteiger partial charge in [0.25, 0.3) is 0 Å². The van der Waals surface area contributed by atoms with E-state index in [1.165, 1.54) is 29.7 Å². The number of thiophene rings is 1. The van der Waals surface area contributed by atoms with Gasteiger partial charge in [-0.2, -0.15) is 0 Å². The summed E-state index contributed by atoms with van der Waals surface area (Å²) >= 11 is 1.89. The summed E-state index contributed by atoms with van der Waals surface area (Å²) in [7, 11) is 0. The summed E-state index contributed by atoms with van der Waals surface area (Å²) < 4.78 is 0. The molecule has 0 radical (unpaired) electrons. The Kier molecular flexibility index (Phi) is 2.21. The molecule has 2 aromatic heterocycles. The topological polar surface area (TPSA) is 28.2 Å². The Morgan fingerprint density at radius 2 is 2.41 bits per heavy atom. The second-order valence-electron chi connectivity index (χ2n) is 4.81. The summed E-state index contributed by atoms with van der Waals surface area (Å²) in [5.74, 6) is 0. The molecule has 17 heavy (non-hydrogen) atoms. The average molecular weight is 245 g/mol. The number of aromatic nitrogens is 1. The molecule has 0 aliphatic carbocycles. The van der Waals surface area contributed by atoms with E-state index in [9.17, 15) is 0 Å². The molecular formula is C13H15N3S. The molecule has 0 aromatic carbocycles. The predicted octanol–water partition coefficient (Wildman–Crippen LogP) is 1.80. The van der Waals surface area contributed by atoms with Crippen LogP contribution in [0.2, 0.25) is 0 Å². The number of nitrogens with one attached hydrogen (secondary N) is 1. The number of hydrogen-bond donors (Lipinski definition) is 1. The molecular weight excluding hydrogens is 230 g/mol. The van der Waals surface area contributed by atoms with Crippen LogP contribution in [-0.2, 0) is 6.42 Å². The number of piperazine rings is 1. The minimum atomic E-state index is 0.590. The number of pyridine rings is 1. The third-order valence-corrected chi connectivity index (χ3v) is 5.16. The fourth-order valence-electron chi connectivity index (χ4n) is 3.06. The first-order chi connectivity index (χ1) is 8.43. The fraction of sp³-hybridized carbons (Fsp3) is 0.462. The van der Waals surface area contributed by atoms with Crippen LogP contribution in [-0.4, -0.2) is 36.1 Å². The summed E-state index contributed by atoms with van der Waals surface area (Å²) in [6.45, 7) is 4.63. The summed E-state index contributed by atoms with van der Waals surface area (Å²) in [5, 5.41) is 4.90. The van der Waals surface area contributed by atoms with Crippen molar-refractivity contribution in [3.8, 4) is 0 Å². The van der Waals surface area contributed by atoms with E-state index in [0.29, 0.717) is 6.04 Å². The van der Waals surface area contributed by atoms with E-state index >= 15 is 0 Å². The smallest absolute Gasteiger partial charge is 0.123 e. The number of hydrogen-bond acceptors (Lipinski definition) is 4. The van der Waals surface area contributed by atoms with Gasteiger partial charge in [-0.25, -0.2) is 4.98 Å². The number of rotatable bonds is 0. The van der Waals surface area contributed by atoms with Crippen LogP contribution in [0.1, 0.15) is 16.5 Å². The van der Waals surface area contributed by atoms with Crippen LogP contribution in [0.4, 0.5) is 0 Å². The molecule has 4 heterocycles. The van der Waals surface area contributed by atoms with Crippen LogP contribution in [0.25, 0.3) is 10.2 Å². The van der Waals surface area contributed by atoms with Gasteiger partial charge in [-0.15, -0.1) is 11.3 Å². The van der Waals surface area contributed by atoms with E-state index < -0.39 is 0 Å². The Bertz CT molecular complexity index is 563. The summed E-state index contributed by atoms with van der Waals surface area (Å²) in [5.41, 5.74) is 1.56. The Morgan fingerprint density at radius 1 is 1.41 bits per heavy atom. The molecule has 1 fully saturated rings. The van der Waals surface area contributed by atoms with Gasteiger partial charge in [-0.3, -0.25) is 4.90 Å². The van der Waals surface area contributed by atoms with Gasteiger partial charge in [-0.05, 0) is 18.1 Å². The fourth-order valence-corrected chi connectivity index (χ4v) is 4.38. The van der Waals surface area contributed by atoms with Crippen molar-refractivity contribution >= 4 is 21.6 Å². The molecule has 4 heteroatoms. The zero-order valence-electron chi connectivity index (χ0n) is 9.65. The van der Waals surface area contributed by atoms with E-state index in [2.05, 4.69) is 27.3 Å². The van der Waals surface area contributed by atoms with Gasteiger partial charge in [0.1, 0.15) is 4.83 Å². The quantitative estimate of drug-likeness (QED) is 0.767. The molecule has 1 N–H and O–H groups in total. The van der Waals surface area contributed by atoms with Crippen LogP contribution in [0, 0.1) is 0 Å². The maximum Gasteiger partial charge on any atom is 0.123 e. The van der Waals surface area contributed by atoms with Gasteiger partial charge in [0.05, 0.1) is 6.04 Å². The van der Waals surface area contributed by atoms with Crippen molar-refractivity contribution in [3.63, 3.8) is 0 Å². The van der Waals surface area contributed by atoms with Crippen LogP contribution in [0.15, 0.2) is 18.3 Å². The predicted molar refractivity (Wildman–Crippen MR) is 70.5 cm³/mol. The van der Waals surface area contributed by atoms with Crippen LogP contribution >= 0.6 is 11.3 Å². The SMILES string of the molecule is c1cnc2sc3c(c2c1)CCN1CCNCC31. The third-order valence-electron chi connectivity index (χ3n) is 3.91. The molecule has 2 aliphatic heterocycles. The third kappa shape index (κ3) is 1.44. The molecule has 0 bridgehead atoms. The van der Waals surface area contributed by atoms with Crippen molar-refractivity contribution in [2.45, 2.75) is 12.5 Å². The van der Waals surface area contributed by atoms with Gasteiger partial charge in [0.2, 0.25) is 0 Å². The van der Waals surface area contributed by atoms with E-state index in [1.54, 1.807) is 10.4 Å². The molecule has 0 saturated carbocycles. The lowest BCUT2D eigenvalue weighted by molar-refractivity contribution is 0.155. The minimum Gasteiger partial charge on any atom is -0.314 e. The summed E-state index contributed by atoms with van der Waals surface area (Å²) in [6, 6.07) is 4.87. The van der Waals surface area contributed by atoms with E-state index in [-0.39, 0.29) is 0 Å². The van der Waals surface area contributed by atoms with E-state index in [4.69, 9.17) is 0 Å². The van der Waals surface area contributed by atoms with Gasteiger partial charge in [0, 0.05) is 42.6 Å². The van der Waals surface area contributed by atoms with Crippen molar-refractivity contribution < 1.29 is 0 Å². The van der Waals surface area contributed by atoms with Crippen molar-refractivity contribution in [2.24, 2.45) is 0 Å². The molecule has 4 rings (SSSR count). The number of fused-ring (bicyclic) bond motifs is 5. The highest BCUT2D eigenvalue weighted by atomic mass is 32.1. The molecule has 2 aromatic rings. The van der Waals surface area contributed by atoms with Gasteiger partial charge in [-0.1, -0.05) is 6.07 Å². The molecule has 1 saturated heterocycles. The molecule has 1 unspecified atom stereocenters. The lowest BCUT2D eigenvalue weighted by Gasteiger charge is -2.39. The van der Waals surface area contributed by atoms with Crippen LogP contribution in [0.3, 0.4) is 0 Å². The zero-order valence-corrected chi connectivity index (χ0v) is 10.5. The average Bonchev–Trinajstić information content (AvgIpc) is 2.78. The van der Waals surface area contributed by atoms with E-state index in [1.807, 2.05) is 17.5 Å². The van der Waals surface area contributed by atoms with Gasteiger partial charge >= 0.3 is 0 Å².